The number of hydrogen-bond donors (Lipinski definition) is 0. The fourth-order valence-corrected chi connectivity index (χ4v) is 3.19. The third-order valence-corrected chi connectivity index (χ3v) is 4.26. The summed E-state index contributed by atoms with van der Waals surface area (Å²) in [5.41, 5.74) is 4.67. The summed E-state index contributed by atoms with van der Waals surface area (Å²) in [7, 11) is 0. The molecular formula is C18H17N3O. The molecule has 1 amide bonds. The maximum atomic E-state index is 12.9. The molecule has 4 nitrogen and oxygen atoms in total. The Hall–Kier alpha value is -2.62. The molecule has 0 saturated heterocycles. The van der Waals surface area contributed by atoms with Gasteiger partial charge in [-0.15, -0.1) is 0 Å². The second-order valence-corrected chi connectivity index (χ2v) is 5.95. The van der Waals surface area contributed by atoms with E-state index in [1.165, 1.54) is 5.56 Å². The quantitative estimate of drug-likeness (QED) is 0.690. The van der Waals surface area contributed by atoms with E-state index in [4.69, 9.17) is 0 Å². The van der Waals surface area contributed by atoms with Crippen LogP contribution >= 0.6 is 0 Å². The zero-order chi connectivity index (χ0) is 15.3. The molecule has 0 N–H and O–H groups in total. The van der Waals surface area contributed by atoms with E-state index < -0.39 is 0 Å². The fraction of sp³-hybridized carbons (Fsp3) is 0.222. The van der Waals surface area contributed by atoms with Crippen LogP contribution in [0, 0.1) is 6.92 Å². The van der Waals surface area contributed by atoms with Gasteiger partial charge in [0.25, 0.3) is 5.91 Å². The fourth-order valence-electron chi connectivity index (χ4n) is 3.19. The smallest absolute Gasteiger partial charge is 0.278 e. The monoisotopic (exact) mass is 291 g/mol. The normalized spacial score (nSPS) is 17.0. The lowest BCUT2D eigenvalue weighted by Gasteiger charge is -2.21. The lowest BCUT2D eigenvalue weighted by molar-refractivity contribution is 0.0977. The molecule has 0 saturated carbocycles. The summed E-state index contributed by atoms with van der Waals surface area (Å²) in [6.07, 6.45) is 4.65. The first-order valence-electron chi connectivity index (χ1n) is 7.50. The molecule has 1 unspecified atom stereocenters. The standard InChI is InChI=1S/C18H17N3O/c1-12-7-8-20-11-15(19-17(20)9-12)18(22)21-13(2)10-14-5-3-4-6-16(14)21/h3-9,11,13H,10H2,1-2H3. The van der Waals surface area contributed by atoms with Crippen molar-refractivity contribution in [3.8, 4) is 0 Å². The van der Waals surface area contributed by atoms with Crippen LogP contribution in [0.3, 0.4) is 0 Å². The van der Waals surface area contributed by atoms with E-state index in [1.54, 1.807) is 0 Å². The largest absolute Gasteiger partial charge is 0.306 e. The zero-order valence-corrected chi connectivity index (χ0v) is 12.7. The number of rotatable bonds is 1. The van der Waals surface area contributed by atoms with E-state index in [0.29, 0.717) is 5.69 Å². The highest BCUT2D eigenvalue weighted by molar-refractivity contribution is 6.06. The summed E-state index contributed by atoms with van der Waals surface area (Å²) in [6.45, 7) is 4.10. The summed E-state index contributed by atoms with van der Waals surface area (Å²) >= 11 is 0. The van der Waals surface area contributed by atoms with E-state index in [1.807, 2.05) is 58.9 Å². The molecule has 0 bridgehead atoms. The van der Waals surface area contributed by atoms with Crippen LogP contribution in [0.25, 0.3) is 5.65 Å². The zero-order valence-electron chi connectivity index (χ0n) is 12.7. The van der Waals surface area contributed by atoms with Gasteiger partial charge in [0.05, 0.1) is 0 Å². The average molecular weight is 291 g/mol. The SMILES string of the molecule is Cc1ccn2cc(C(=O)N3c4ccccc4CC3C)nc2c1. The number of hydrogen-bond acceptors (Lipinski definition) is 2. The second-order valence-electron chi connectivity index (χ2n) is 5.95. The van der Waals surface area contributed by atoms with Crippen molar-refractivity contribution < 1.29 is 4.79 Å². The minimum Gasteiger partial charge on any atom is -0.306 e. The van der Waals surface area contributed by atoms with Crippen LogP contribution in [0.5, 0.6) is 0 Å². The Morgan fingerprint density at radius 2 is 2.09 bits per heavy atom. The maximum Gasteiger partial charge on any atom is 0.278 e. The predicted octanol–water partition coefficient (Wildman–Crippen LogP) is 3.23. The first-order valence-corrected chi connectivity index (χ1v) is 7.50. The van der Waals surface area contributed by atoms with Gasteiger partial charge in [-0.1, -0.05) is 18.2 Å². The Bertz CT molecular complexity index is 881. The van der Waals surface area contributed by atoms with Crippen LogP contribution < -0.4 is 4.90 Å². The van der Waals surface area contributed by atoms with Gasteiger partial charge in [0.2, 0.25) is 0 Å². The number of imidazole rings is 1. The van der Waals surface area contributed by atoms with Crippen molar-refractivity contribution in [1.82, 2.24) is 9.38 Å². The van der Waals surface area contributed by atoms with Gasteiger partial charge < -0.3 is 9.30 Å². The number of carbonyl (C=O) groups excluding carboxylic acids is 1. The Morgan fingerprint density at radius 3 is 2.95 bits per heavy atom. The number of benzene rings is 1. The van der Waals surface area contributed by atoms with Gasteiger partial charge in [-0.3, -0.25) is 4.79 Å². The van der Waals surface area contributed by atoms with Gasteiger partial charge >= 0.3 is 0 Å². The first-order chi connectivity index (χ1) is 10.6. The number of aromatic nitrogens is 2. The molecule has 4 rings (SSSR count). The van der Waals surface area contributed by atoms with E-state index in [-0.39, 0.29) is 11.9 Å². The third kappa shape index (κ3) is 1.91. The van der Waals surface area contributed by atoms with E-state index in [9.17, 15) is 4.79 Å². The minimum atomic E-state index is -0.0289. The molecule has 110 valence electrons. The number of anilines is 1. The Labute approximate surface area is 129 Å². The van der Waals surface area contributed by atoms with Crippen molar-refractivity contribution in [2.24, 2.45) is 0 Å². The molecule has 22 heavy (non-hydrogen) atoms. The molecular weight excluding hydrogens is 274 g/mol. The predicted molar refractivity (Wildman–Crippen MR) is 86.3 cm³/mol. The van der Waals surface area contributed by atoms with E-state index in [2.05, 4.69) is 18.0 Å². The molecule has 0 spiro atoms. The second kappa shape index (κ2) is 4.70. The summed E-state index contributed by atoms with van der Waals surface area (Å²) in [5.74, 6) is -0.0289. The summed E-state index contributed by atoms with van der Waals surface area (Å²) in [4.78, 5) is 19.3. The Kier molecular flexibility index (Phi) is 2.79. The highest BCUT2D eigenvalue weighted by Gasteiger charge is 2.32. The molecule has 0 aliphatic carbocycles. The highest BCUT2D eigenvalue weighted by atomic mass is 16.2. The molecule has 1 aliphatic rings. The average Bonchev–Trinajstić information content (AvgIpc) is 3.06. The van der Waals surface area contributed by atoms with E-state index >= 15 is 0 Å². The van der Waals surface area contributed by atoms with Gasteiger partial charge in [-0.05, 0) is 49.6 Å². The maximum absolute atomic E-state index is 12.9. The van der Waals surface area contributed by atoms with Crippen molar-refractivity contribution in [3.63, 3.8) is 0 Å². The molecule has 3 aromatic rings. The molecule has 0 fully saturated rings. The molecule has 1 atom stereocenters. The van der Waals surface area contributed by atoms with Gasteiger partial charge in [0, 0.05) is 24.1 Å². The van der Waals surface area contributed by atoms with Crippen LogP contribution in [-0.4, -0.2) is 21.3 Å². The molecule has 0 radical (unpaired) electrons. The minimum absolute atomic E-state index is 0.0289. The summed E-state index contributed by atoms with van der Waals surface area (Å²) < 4.78 is 1.90. The van der Waals surface area contributed by atoms with Crippen molar-refractivity contribution in [1.29, 1.82) is 0 Å². The topological polar surface area (TPSA) is 37.6 Å². The molecule has 1 aromatic carbocycles. The molecule has 4 heteroatoms. The Morgan fingerprint density at radius 1 is 1.27 bits per heavy atom. The van der Waals surface area contributed by atoms with Crippen LogP contribution in [0.2, 0.25) is 0 Å². The number of pyridine rings is 1. The number of carbonyl (C=O) groups is 1. The van der Waals surface area contributed by atoms with Crippen LogP contribution in [0.15, 0.2) is 48.8 Å². The van der Waals surface area contributed by atoms with Crippen molar-refractivity contribution in [3.05, 3.63) is 65.6 Å². The van der Waals surface area contributed by atoms with E-state index in [0.717, 1.165) is 23.3 Å². The van der Waals surface area contributed by atoms with Crippen LogP contribution in [0.4, 0.5) is 5.69 Å². The van der Waals surface area contributed by atoms with Gasteiger partial charge in [-0.25, -0.2) is 4.98 Å². The molecule has 2 aromatic heterocycles. The van der Waals surface area contributed by atoms with Gasteiger partial charge in [-0.2, -0.15) is 0 Å². The summed E-state index contributed by atoms with van der Waals surface area (Å²) in [6, 6.07) is 12.3. The number of nitrogens with zero attached hydrogens (tertiary/aromatic N) is 3. The molecule has 1 aliphatic heterocycles. The first kappa shape index (κ1) is 13.1. The highest BCUT2D eigenvalue weighted by Crippen LogP contribution is 2.32. The number of para-hydroxylation sites is 1. The van der Waals surface area contributed by atoms with Crippen LogP contribution in [0.1, 0.15) is 28.5 Å². The van der Waals surface area contributed by atoms with Crippen molar-refractivity contribution >= 4 is 17.2 Å². The van der Waals surface area contributed by atoms with Crippen LogP contribution in [-0.2, 0) is 6.42 Å². The lowest BCUT2D eigenvalue weighted by Crippen LogP contribution is -2.35. The number of amides is 1. The third-order valence-electron chi connectivity index (χ3n) is 4.26. The lowest BCUT2D eigenvalue weighted by atomic mass is 10.1. The van der Waals surface area contributed by atoms with Gasteiger partial charge in [0.1, 0.15) is 11.3 Å². The number of aryl methyl sites for hydroxylation is 1. The molecule has 3 heterocycles. The van der Waals surface area contributed by atoms with Crippen molar-refractivity contribution in [2.45, 2.75) is 26.3 Å². The van der Waals surface area contributed by atoms with Crippen molar-refractivity contribution in [2.75, 3.05) is 4.90 Å². The van der Waals surface area contributed by atoms with Gasteiger partial charge in [0.15, 0.2) is 0 Å². The Balaban J connectivity index is 1.77. The summed E-state index contributed by atoms with van der Waals surface area (Å²) in [5, 5.41) is 0. The number of fused-ring (bicyclic) bond motifs is 2.